The molecule has 0 aliphatic rings. The number of aryl methyl sites for hydroxylation is 1. The third kappa shape index (κ3) is 5.95. The fraction of sp³-hybridized carbons (Fsp3) is 0.300. The van der Waals surface area contributed by atoms with Crippen molar-refractivity contribution in [2.45, 2.75) is 20.8 Å². The summed E-state index contributed by atoms with van der Waals surface area (Å²) in [7, 11) is 0. The summed E-state index contributed by atoms with van der Waals surface area (Å²) in [5.74, 6) is 0.511. The molecule has 0 aliphatic heterocycles. The summed E-state index contributed by atoms with van der Waals surface area (Å²) in [4.78, 5) is 3.95. The van der Waals surface area contributed by atoms with Crippen LogP contribution in [0, 0.1) is 13.5 Å². The monoisotopic (exact) mass is 252 g/mol. The maximum absolute atomic E-state index is 5.45. The predicted octanol–water partition coefficient (Wildman–Crippen LogP) is 2.44. The molecule has 0 unspecified atom stereocenters. The van der Waals surface area contributed by atoms with Gasteiger partial charge >= 0.3 is 0 Å². The molecule has 1 aromatic rings. The maximum atomic E-state index is 5.45. The second-order valence-electron chi connectivity index (χ2n) is 2.16. The molecular weight excluding hydrogens is 237 g/mol. The Morgan fingerprint density at radius 2 is 1.92 bits per heavy atom. The van der Waals surface area contributed by atoms with Gasteiger partial charge in [0.2, 0.25) is 0 Å². The number of pyridine rings is 1. The van der Waals surface area contributed by atoms with E-state index in [9.17, 15) is 0 Å². The van der Waals surface area contributed by atoms with Crippen LogP contribution in [0.5, 0.6) is 0 Å². The van der Waals surface area contributed by atoms with Crippen LogP contribution in [-0.4, -0.2) is 4.98 Å². The summed E-state index contributed by atoms with van der Waals surface area (Å²) in [6, 6.07) is 3.67. The molecule has 0 aliphatic carbocycles. The van der Waals surface area contributed by atoms with Crippen LogP contribution in [0.25, 0.3) is 6.08 Å². The van der Waals surface area contributed by atoms with Gasteiger partial charge in [-0.05, 0) is 13.0 Å². The largest absolute Gasteiger partial charge is 0.385 e. The SMILES string of the molecule is CC.[CH-]=Cc1cc(C)cc(N)n1.[Y]. The first kappa shape index (κ1) is 15.3. The number of hydrogen-bond donors (Lipinski definition) is 1. The van der Waals surface area contributed by atoms with Gasteiger partial charge in [0.15, 0.2) is 0 Å². The summed E-state index contributed by atoms with van der Waals surface area (Å²) < 4.78 is 0. The van der Waals surface area contributed by atoms with Gasteiger partial charge in [-0.3, -0.25) is 6.58 Å². The molecule has 2 nitrogen and oxygen atoms in total. The van der Waals surface area contributed by atoms with Gasteiger partial charge in [-0.15, -0.1) is 6.07 Å². The summed E-state index contributed by atoms with van der Waals surface area (Å²) >= 11 is 0. The van der Waals surface area contributed by atoms with Gasteiger partial charge < -0.3 is 10.7 Å². The molecule has 0 saturated heterocycles. The van der Waals surface area contributed by atoms with Crippen molar-refractivity contribution in [3.63, 3.8) is 0 Å². The fourth-order valence-electron chi connectivity index (χ4n) is 0.807. The fourth-order valence-corrected chi connectivity index (χ4v) is 0.807. The molecule has 0 aromatic carbocycles. The van der Waals surface area contributed by atoms with Crippen molar-refractivity contribution < 1.29 is 32.7 Å². The van der Waals surface area contributed by atoms with Gasteiger partial charge in [-0.1, -0.05) is 25.1 Å². The van der Waals surface area contributed by atoms with Crippen LogP contribution in [0.3, 0.4) is 0 Å². The molecule has 1 rings (SSSR count). The molecule has 3 heteroatoms. The van der Waals surface area contributed by atoms with Gasteiger partial charge in [-0.25, -0.2) is 6.08 Å². The number of nitrogens with zero attached hydrogens (tertiary/aromatic N) is 1. The van der Waals surface area contributed by atoms with Crippen LogP contribution >= 0.6 is 0 Å². The number of anilines is 1. The van der Waals surface area contributed by atoms with E-state index in [1.807, 2.05) is 26.8 Å². The number of nitrogen functional groups attached to an aromatic ring is 1. The Morgan fingerprint density at radius 3 is 2.31 bits per heavy atom. The zero-order chi connectivity index (χ0) is 9.56. The third-order valence-electron chi connectivity index (χ3n) is 1.18. The van der Waals surface area contributed by atoms with Gasteiger partial charge in [0.1, 0.15) is 5.82 Å². The number of hydrogen-bond acceptors (Lipinski definition) is 2. The van der Waals surface area contributed by atoms with Gasteiger partial charge in [0, 0.05) is 32.7 Å². The molecule has 0 spiro atoms. The molecule has 0 bridgehead atoms. The molecular formula is C10H15N2Y-. The topological polar surface area (TPSA) is 38.9 Å². The molecule has 1 radical (unpaired) electrons. The molecule has 0 amide bonds. The second-order valence-corrected chi connectivity index (χ2v) is 2.16. The van der Waals surface area contributed by atoms with Crippen LogP contribution in [-0.2, 0) is 32.7 Å². The molecule has 0 saturated carbocycles. The summed E-state index contributed by atoms with van der Waals surface area (Å²) in [6.45, 7) is 11.2. The first-order valence-corrected chi connectivity index (χ1v) is 4.01. The first-order valence-electron chi connectivity index (χ1n) is 4.01. The number of rotatable bonds is 1. The van der Waals surface area contributed by atoms with Crippen molar-refractivity contribution in [1.29, 1.82) is 0 Å². The summed E-state index contributed by atoms with van der Waals surface area (Å²) in [5, 5.41) is 0. The quantitative estimate of drug-likeness (QED) is 0.779. The van der Waals surface area contributed by atoms with E-state index in [0.29, 0.717) is 5.82 Å². The Labute approximate surface area is 106 Å². The Balaban J connectivity index is 0. The Kier molecular flexibility index (Phi) is 9.86. The minimum Gasteiger partial charge on any atom is -0.385 e. The van der Waals surface area contributed by atoms with E-state index in [0.717, 1.165) is 11.3 Å². The standard InChI is InChI=1S/C8H9N2.C2H6.Y/c1-3-7-4-6(2)5-8(9)10-7;1-2;/h1,3-5H,2H3,(H2,9,10);1-2H3;/q-1;;. The zero-order valence-electron chi connectivity index (χ0n) is 8.41. The molecule has 13 heavy (non-hydrogen) atoms. The minimum absolute atomic E-state index is 0. The number of nitrogens with two attached hydrogens (primary N) is 1. The summed E-state index contributed by atoms with van der Waals surface area (Å²) in [6.07, 6.45) is 1.43. The Hall–Kier alpha value is -0.206. The zero-order valence-corrected chi connectivity index (χ0v) is 11.2. The molecule has 0 fully saturated rings. The van der Waals surface area contributed by atoms with Crippen LogP contribution in [0.2, 0.25) is 0 Å². The van der Waals surface area contributed by atoms with Crippen molar-refractivity contribution in [2.75, 3.05) is 5.73 Å². The van der Waals surface area contributed by atoms with E-state index in [1.54, 1.807) is 6.07 Å². The second kappa shape index (κ2) is 8.39. The van der Waals surface area contributed by atoms with E-state index in [1.165, 1.54) is 6.08 Å². The van der Waals surface area contributed by atoms with Crippen molar-refractivity contribution in [2.24, 2.45) is 0 Å². The van der Waals surface area contributed by atoms with Crippen LogP contribution < -0.4 is 5.73 Å². The van der Waals surface area contributed by atoms with Crippen molar-refractivity contribution in [3.8, 4) is 0 Å². The normalized spacial score (nSPS) is 7.62. The minimum atomic E-state index is 0. The third-order valence-corrected chi connectivity index (χ3v) is 1.18. The maximum Gasteiger partial charge on any atom is 0.105 e. The summed E-state index contributed by atoms with van der Waals surface area (Å²) in [5.41, 5.74) is 7.24. The van der Waals surface area contributed by atoms with E-state index in [2.05, 4.69) is 4.98 Å². The van der Waals surface area contributed by atoms with Gasteiger partial charge in [0.05, 0.1) is 0 Å². The van der Waals surface area contributed by atoms with Gasteiger partial charge in [0.25, 0.3) is 0 Å². The molecule has 0 atom stereocenters. The van der Waals surface area contributed by atoms with Crippen molar-refractivity contribution in [1.82, 2.24) is 4.98 Å². The van der Waals surface area contributed by atoms with E-state index < -0.39 is 0 Å². The predicted molar refractivity (Wildman–Crippen MR) is 53.5 cm³/mol. The Morgan fingerprint density at radius 1 is 1.38 bits per heavy atom. The van der Waals surface area contributed by atoms with Crippen LogP contribution in [0.1, 0.15) is 25.1 Å². The van der Waals surface area contributed by atoms with Crippen molar-refractivity contribution >= 4 is 11.9 Å². The Bertz CT molecular complexity index is 239. The van der Waals surface area contributed by atoms with E-state index in [4.69, 9.17) is 12.3 Å². The van der Waals surface area contributed by atoms with Gasteiger partial charge in [-0.2, -0.15) is 0 Å². The molecule has 1 aromatic heterocycles. The molecule has 2 N–H and O–H groups in total. The number of aromatic nitrogens is 1. The molecule has 69 valence electrons. The van der Waals surface area contributed by atoms with E-state index in [-0.39, 0.29) is 32.7 Å². The smallest absolute Gasteiger partial charge is 0.105 e. The average molecular weight is 252 g/mol. The van der Waals surface area contributed by atoms with Crippen LogP contribution in [0.15, 0.2) is 12.1 Å². The van der Waals surface area contributed by atoms with Crippen molar-refractivity contribution in [3.05, 3.63) is 30.0 Å². The van der Waals surface area contributed by atoms with Crippen LogP contribution in [0.4, 0.5) is 5.82 Å². The average Bonchev–Trinajstić information content (AvgIpc) is 2.06. The molecule has 1 heterocycles. The first-order chi connectivity index (χ1) is 5.72. The van der Waals surface area contributed by atoms with E-state index >= 15 is 0 Å².